The maximum atomic E-state index is 7.45. The second-order valence-corrected chi connectivity index (χ2v) is 1.50. The SMILES string of the molecule is CCSOOO.[Na]. The first-order valence-electron chi connectivity index (χ1n) is 1.51. The monoisotopic (exact) mass is 133 g/mol. The van der Waals surface area contributed by atoms with Crippen molar-refractivity contribution >= 4 is 41.6 Å². The van der Waals surface area contributed by atoms with Crippen LogP contribution < -0.4 is 0 Å². The van der Waals surface area contributed by atoms with Crippen LogP contribution in [0.5, 0.6) is 0 Å². The Hall–Kier alpha value is 1.23. The smallest absolute Gasteiger partial charge is 0.0343 e. The van der Waals surface area contributed by atoms with Crippen molar-refractivity contribution in [3.8, 4) is 0 Å². The van der Waals surface area contributed by atoms with E-state index >= 15 is 0 Å². The van der Waals surface area contributed by atoms with Crippen molar-refractivity contribution in [3.63, 3.8) is 0 Å². The Bertz CT molecular complexity index is 24.9. The zero-order valence-electron chi connectivity index (χ0n) is 4.38. The molecule has 0 unspecified atom stereocenters. The van der Waals surface area contributed by atoms with Gasteiger partial charge in [-0.3, -0.25) is 0 Å². The van der Waals surface area contributed by atoms with Gasteiger partial charge in [-0.05, 0) is 0 Å². The summed E-state index contributed by atoms with van der Waals surface area (Å²) in [4.78, 5) is 0. The summed E-state index contributed by atoms with van der Waals surface area (Å²) in [6, 6.07) is 0. The molecule has 0 aliphatic rings. The summed E-state index contributed by atoms with van der Waals surface area (Å²) in [5.41, 5.74) is 0. The fraction of sp³-hybridized carbons (Fsp3) is 1.00. The first kappa shape index (κ1) is 11.1. The van der Waals surface area contributed by atoms with Crippen LogP contribution in [-0.4, -0.2) is 40.6 Å². The summed E-state index contributed by atoms with van der Waals surface area (Å²) in [5, 5.41) is 10.7. The number of hydrogen-bond donors (Lipinski definition) is 1. The Morgan fingerprint density at radius 1 is 1.71 bits per heavy atom. The van der Waals surface area contributed by atoms with E-state index in [1.807, 2.05) is 6.92 Å². The van der Waals surface area contributed by atoms with Gasteiger partial charge in [0.2, 0.25) is 0 Å². The summed E-state index contributed by atoms with van der Waals surface area (Å²) in [5.74, 6) is 0.764. The number of rotatable bonds is 3. The van der Waals surface area contributed by atoms with Gasteiger partial charge in [0.25, 0.3) is 0 Å². The van der Waals surface area contributed by atoms with E-state index in [0.717, 1.165) is 17.8 Å². The third-order valence-electron chi connectivity index (χ3n) is 0.196. The standard InChI is InChI=1S/C2H6O3S.Na/c1-2-6-5-4-3;/h3H,2H2,1H3;. The largest absolute Gasteiger partial charge is 0.220 e. The van der Waals surface area contributed by atoms with Crippen LogP contribution in [0.15, 0.2) is 0 Å². The molecule has 0 atom stereocenters. The minimum atomic E-state index is 0. The molecule has 3 nitrogen and oxygen atoms in total. The third kappa shape index (κ3) is 11.1. The normalized spacial score (nSPS) is 7.71. The molecule has 0 heterocycles. The Labute approximate surface area is 68.7 Å². The average Bonchev–Trinajstić information content (AvgIpc) is 1.61. The molecule has 0 fully saturated rings. The predicted molar refractivity (Wildman–Crippen MR) is 28.7 cm³/mol. The van der Waals surface area contributed by atoms with Gasteiger partial charge in [0, 0.05) is 47.4 Å². The zero-order chi connectivity index (χ0) is 4.83. The summed E-state index contributed by atoms with van der Waals surface area (Å²) < 4.78 is 3.95. The van der Waals surface area contributed by atoms with E-state index in [0.29, 0.717) is 0 Å². The second kappa shape index (κ2) is 10.3. The van der Waals surface area contributed by atoms with E-state index in [-0.39, 0.29) is 29.6 Å². The zero-order valence-corrected chi connectivity index (χ0v) is 7.20. The van der Waals surface area contributed by atoms with E-state index in [1.165, 1.54) is 0 Å². The molecule has 1 N–H and O–H groups in total. The van der Waals surface area contributed by atoms with Crippen LogP contribution >= 0.6 is 12.0 Å². The molecule has 0 aromatic rings. The Morgan fingerprint density at radius 3 is 2.43 bits per heavy atom. The quantitative estimate of drug-likeness (QED) is 0.202. The van der Waals surface area contributed by atoms with Crippen molar-refractivity contribution in [3.05, 3.63) is 0 Å². The van der Waals surface area contributed by atoms with Gasteiger partial charge in [-0.25, -0.2) is 5.26 Å². The van der Waals surface area contributed by atoms with E-state index in [2.05, 4.69) is 9.37 Å². The summed E-state index contributed by atoms with van der Waals surface area (Å²) in [7, 11) is 0. The second-order valence-electron chi connectivity index (χ2n) is 0.549. The van der Waals surface area contributed by atoms with Crippen LogP contribution in [0, 0.1) is 0 Å². The molecule has 0 saturated carbocycles. The molecular weight excluding hydrogens is 127 g/mol. The molecule has 0 saturated heterocycles. The van der Waals surface area contributed by atoms with Gasteiger partial charge in [0.15, 0.2) is 0 Å². The topological polar surface area (TPSA) is 38.7 Å². The van der Waals surface area contributed by atoms with Crippen molar-refractivity contribution in [1.29, 1.82) is 0 Å². The van der Waals surface area contributed by atoms with Crippen LogP contribution in [0.3, 0.4) is 0 Å². The summed E-state index contributed by atoms with van der Waals surface area (Å²) in [6.07, 6.45) is 0. The summed E-state index contributed by atoms with van der Waals surface area (Å²) in [6.45, 7) is 1.88. The molecule has 1 radical (unpaired) electrons. The van der Waals surface area contributed by atoms with E-state index < -0.39 is 0 Å². The molecule has 0 aliphatic carbocycles. The molecule has 7 heavy (non-hydrogen) atoms. The van der Waals surface area contributed by atoms with Gasteiger partial charge in [-0.1, -0.05) is 12.0 Å². The molecule has 39 valence electrons. The van der Waals surface area contributed by atoms with E-state index in [9.17, 15) is 0 Å². The first-order chi connectivity index (χ1) is 2.91. The molecule has 0 aliphatic heterocycles. The van der Waals surface area contributed by atoms with Gasteiger partial charge in [-0.15, -0.1) is 4.33 Å². The van der Waals surface area contributed by atoms with Crippen LogP contribution in [-0.2, 0) is 9.37 Å². The van der Waals surface area contributed by atoms with Gasteiger partial charge in [0.1, 0.15) is 0 Å². The van der Waals surface area contributed by atoms with Gasteiger partial charge in [0.05, 0.1) is 0 Å². The molecular formula is C2H6NaO3S. The predicted octanol–water partition coefficient (Wildman–Crippen LogP) is 0.695. The van der Waals surface area contributed by atoms with Gasteiger partial charge in [-0.2, -0.15) is 0 Å². The fourth-order valence-electron chi connectivity index (χ4n) is 0.0696. The number of hydrogen-bond acceptors (Lipinski definition) is 4. The third-order valence-corrected chi connectivity index (χ3v) is 0.589. The van der Waals surface area contributed by atoms with E-state index in [1.54, 1.807) is 0 Å². The minimum Gasteiger partial charge on any atom is -0.220 e. The molecule has 0 bridgehead atoms. The fourth-order valence-corrected chi connectivity index (χ4v) is 0.209. The maximum Gasteiger partial charge on any atom is 0.0343 e. The first-order valence-corrected chi connectivity index (χ1v) is 2.42. The van der Waals surface area contributed by atoms with Crippen LogP contribution in [0.2, 0.25) is 0 Å². The maximum absolute atomic E-state index is 7.45. The van der Waals surface area contributed by atoms with Gasteiger partial charge >= 0.3 is 0 Å². The molecule has 0 aromatic heterocycles. The molecule has 0 aromatic carbocycles. The Balaban J connectivity index is 0. The van der Waals surface area contributed by atoms with E-state index in [4.69, 9.17) is 5.26 Å². The van der Waals surface area contributed by atoms with Crippen LogP contribution in [0.1, 0.15) is 6.92 Å². The van der Waals surface area contributed by atoms with Crippen LogP contribution in [0.25, 0.3) is 0 Å². The molecule has 5 heteroatoms. The Morgan fingerprint density at radius 2 is 2.29 bits per heavy atom. The van der Waals surface area contributed by atoms with Crippen molar-refractivity contribution in [2.45, 2.75) is 6.92 Å². The van der Waals surface area contributed by atoms with Crippen molar-refractivity contribution in [1.82, 2.24) is 0 Å². The van der Waals surface area contributed by atoms with Crippen LogP contribution in [0.4, 0.5) is 0 Å². The average molecular weight is 133 g/mol. The van der Waals surface area contributed by atoms with Gasteiger partial charge < -0.3 is 0 Å². The minimum absolute atomic E-state index is 0. The Kier molecular flexibility index (Phi) is 16.2. The van der Waals surface area contributed by atoms with Crippen molar-refractivity contribution in [2.24, 2.45) is 0 Å². The van der Waals surface area contributed by atoms with Crippen molar-refractivity contribution in [2.75, 3.05) is 5.75 Å². The molecule has 0 spiro atoms. The van der Waals surface area contributed by atoms with Crippen molar-refractivity contribution < 1.29 is 14.6 Å². The molecule has 0 rings (SSSR count). The summed E-state index contributed by atoms with van der Waals surface area (Å²) >= 11 is 1.04. The molecule has 0 amide bonds.